The van der Waals surface area contributed by atoms with E-state index >= 15 is 0 Å². The number of allylic oxidation sites excluding steroid dienone is 1. The second-order valence-electron chi connectivity index (χ2n) is 6.97. The van der Waals surface area contributed by atoms with Crippen LogP contribution < -0.4 is 0 Å². The van der Waals surface area contributed by atoms with E-state index < -0.39 is 49.0 Å². The van der Waals surface area contributed by atoms with Gasteiger partial charge >= 0.3 is 0 Å². The van der Waals surface area contributed by atoms with Crippen molar-refractivity contribution in [3.05, 3.63) is 11.6 Å². The van der Waals surface area contributed by atoms with Crippen molar-refractivity contribution in [1.29, 1.82) is 0 Å². The van der Waals surface area contributed by atoms with Crippen LogP contribution in [0.2, 0.25) is 0 Å². The van der Waals surface area contributed by atoms with Gasteiger partial charge in [-0.25, -0.2) is 0 Å². The summed E-state index contributed by atoms with van der Waals surface area (Å²) >= 11 is 0. The molecule has 1 aliphatic heterocycles. The summed E-state index contributed by atoms with van der Waals surface area (Å²) in [6, 6.07) is 0. The van der Waals surface area contributed by atoms with Crippen molar-refractivity contribution >= 4 is 0 Å². The Morgan fingerprint density at radius 3 is 2.39 bits per heavy atom. The largest absolute Gasteiger partial charge is 0.394 e. The fourth-order valence-corrected chi connectivity index (χ4v) is 3.04. The minimum absolute atomic E-state index is 0.335. The van der Waals surface area contributed by atoms with Crippen molar-refractivity contribution in [3.63, 3.8) is 0 Å². The topological polar surface area (TPSA) is 120 Å². The maximum absolute atomic E-state index is 10.4. The zero-order chi connectivity index (χ0) is 17.4. The summed E-state index contributed by atoms with van der Waals surface area (Å²) in [5.41, 5.74) is 0.166. The van der Waals surface area contributed by atoms with Gasteiger partial charge in [0.2, 0.25) is 0 Å². The molecule has 0 unspecified atom stereocenters. The summed E-state index contributed by atoms with van der Waals surface area (Å²) in [6.07, 6.45) is -4.46. The maximum Gasteiger partial charge on any atom is 0.187 e. The Hall–Kier alpha value is -0.540. The molecule has 0 radical (unpaired) electrons. The molecule has 1 heterocycles. The molecule has 7 nitrogen and oxygen atoms in total. The molecule has 0 aromatic carbocycles. The van der Waals surface area contributed by atoms with E-state index in [9.17, 15) is 25.5 Å². The van der Waals surface area contributed by atoms with E-state index in [0.717, 1.165) is 12.0 Å². The molecular formula is C16H28O7. The van der Waals surface area contributed by atoms with E-state index in [1.165, 1.54) is 0 Å². The Morgan fingerprint density at radius 2 is 1.87 bits per heavy atom. The number of aliphatic hydroxyl groups is 5. The van der Waals surface area contributed by atoms with Crippen LogP contribution in [0.15, 0.2) is 11.6 Å². The number of hydrogen-bond acceptors (Lipinski definition) is 7. The molecule has 1 aliphatic carbocycles. The first-order valence-electron chi connectivity index (χ1n) is 8.06. The first-order chi connectivity index (χ1) is 10.7. The van der Waals surface area contributed by atoms with Crippen LogP contribution in [0.5, 0.6) is 0 Å². The number of aliphatic hydroxyl groups excluding tert-OH is 5. The van der Waals surface area contributed by atoms with Gasteiger partial charge in [-0.2, -0.15) is 0 Å². The molecule has 5 N–H and O–H groups in total. The predicted octanol–water partition coefficient (Wildman–Crippen LogP) is -0.701. The van der Waals surface area contributed by atoms with Crippen molar-refractivity contribution in [2.24, 2.45) is 5.92 Å². The summed E-state index contributed by atoms with van der Waals surface area (Å²) in [6.45, 7) is 5.31. The van der Waals surface area contributed by atoms with Crippen LogP contribution in [0.25, 0.3) is 0 Å². The third-order valence-corrected chi connectivity index (χ3v) is 4.88. The van der Waals surface area contributed by atoms with E-state index in [-0.39, 0.29) is 0 Å². The van der Waals surface area contributed by atoms with Crippen molar-refractivity contribution in [1.82, 2.24) is 0 Å². The van der Waals surface area contributed by atoms with Crippen LogP contribution in [0.4, 0.5) is 0 Å². The summed E-state index contributed by atoms with van der Waals surface area (Å²) in [5.74, 6) is 0.335. The molecule has 0 bridgehead atoms. The molecular weight excluding hydrogens is 304 g/mol. The summed E-state index contributed by atoms with van der Waals surface area (Å²) in [5, 5.41) is 49.3. The summed E-state index contributed by atoms with van der Waals surface area (Å²) in [4.78, 5) is 0. The second kappa shape index (κ2) is 7.14. The molecule has 1 saturated heterocycles. The molecule has 134 valence electrons. The molecule has 0 saturated carbocycles. The number of ether oxygens (including phenoxy) is 2. The van der Waals surface area contributed by atoms with E-state index in [4.69, 9.17) is 9.47 Å². The Morgan fingerprint density at radius 1 is 1.22 bits per heavy atom. The lowest BCUT2D eigenvalue weighted by molar-refractivity contribution is -0.333. The highest BCUT2D eigenvalue weighted by molar-refractivity contribution is 5.17. The molecule has 0 amide bonds. The molecule has 2 aliphatic rings. The lowest BCUT2D eigenvalue weighted by Gasteiger charge is -2.45. The standard InChI is InChI=1S/C16H28O7/c1-8(2)9-4-5-16(3,11(18)6-9)23-15-14(21)13(20)12(19)10(7-17)22-15/h6,8,10-15,17-21H,4-5,7H2,1-3H3/t10-,11+,12-,13+,14-,15+,16+/m1/s1. The van der Waals surface area contributed by atoms with Crippen molar-refractivity contribution in [3.8, 4) is 0 Å². The highest BCUT2D eigenvalue weighted by Crippen LogP contribution is 2.36. The zero-order valence-electron chi connectivity index (χ0n) is 13.8. The Bertz CT molecular complexity index is 436. The van der Waals surface area contributed by atoms with Crippen LogP contribution in [0, 0.1) is 5.92 Å². The molecule has 0 aromatic heterocycles. The molecule has 2 rings (SSSR count). The maximum atomic E-state index is 10.4. The van der Waals surface area contributed by atoms with E-state index in [0.29, 0.717) is 12.3 Å². The van der Waals surface area contributed by atoms with Gasteiger partial charge in [0.25, 0.3) is 0 Å². The predicted molar refractivity (Wildman–Crippen MR) is 81.4 cm³/mol. The molecule has 23 heavy (non-hydrogen) atoms. The smallest absolute Gasteiger partial charge is 0.187 e. The zero-order valence-corrected chi connectivity index (χ0v) is 13.8. The first kappa shape index (κ1) is 18.8. The average molecular weight is 332 g/mol. The molecule has 0 spiro atoms. The molecule has 7 atom stereocenters. The summed E-state index contributed by atoms with van der Waals surface area (Å²) < 4.78 is 11.1. The fourth-order valence-electron chi connectivity index (χ4n) is 3.04. The SMILES string of the molecule is CC(C)C1=C[C@H](O)[C@@](C)(O[C@@H]2O[C@H](CO)[C@@H](O)[C@H](O)[C@H]2O)CC1. The van der Waals surface area contributed by atoms with Gasteiger partial charge in [-0.05, 0) is 25.7 Å². The monoisotopic (exact) mass is 332 g/mol. The van der Waals surface area contributed by atoms with Gasteiger partial charge in [0.15, 0.2) is 6.29 Å². The van der Waals surface area contributed by atoms with E-state index in [1.54, 1.807) is 13.0 Å². The van der Waals surface area contributed by atoms with E-state index in [1.807, 2.05) is 0 Å². The minimum Gasteiger partial charge on any atom is -0.394 e. The summed E-state index contributed by atoms with van der Waals surface area (Å²) in [7, 11) is 0. The van der Waals surface area contributed by atoms with Gasteiger partial charge in [0.1, 0.15) is 30.5 Å². The highest BCUT2D eigenvalue weighted by Gasteiger charge is 2.48. The van der Waals surface area contributed by atoms with Crippen molar-refractivity contribution in [2.75, 3.05) is 6.61 Å². The second-order valence-corrected chi connectivity index (χ2v) is 6.97. The third-order valence-electron chi connectivity index (χ3n) is 4.88. The first-order valence-corrected chi connectivity index (χ1v) is 8.06. The van der Waals surface area contributed by atoms with Crippen LogP contribution in [0.1, 0.15) is 33.6 Å². The Balaban J connectivity index is 2.11. The molecule has 7 heteroatoms. The van der Waals surface area contributed by atoms with Gasteiger partial charge in [-0.15, -0.1) is 0 Å². The number of hydrogen-bond donors (Lipinski definition) is 5. The van der Waals surface area contributed by atoms with Crippen LogP contribution in [-0.4, -0.2) is 74.6 Å². The van der Waals surface area contributed by atoms with E-state index in [2.05, 4.69) is 13.8 Å². The average Bonchev–Trinajstić information content (AvgIpc) is 2.50. The Labute approximate surface area is 136 Å². The Kier molecular flexibility index (Phi) is 5.84. The van der Waals surface area contributed by atoms with Crippen LogP contribution in [-0.2, 0) is 9.47 Å². The van der Waals surface area contributed by atoms with Gasteiger partial charge in [-0.3, -0.25) is 0 Å². The number of rotatable bonds is 4. The molecule has 1 fully saturated rings. The van der Waals surface area contributed by atoms with Gasteiger partial charge in [-0.1, -0.05) is 25.5 Å². The van der Waals surface area contributed by atoms with Gasteiger partial charge in [0, 0.05) is 0 Å². The van der Waals surface area contributed by atoms with Gasteiger partial charge < -0.3 is 35.0 Å². The van der Waals surface area contributed by atoms with Crippen molar-refractivity contribution < 1.29 is 35.0 Å². The fraction of sp³-hybridized carbons (Fsp3) is 0.875. The van der Waals surface area contributed by atoms with Gasteiger partial charge in [0.05, 0.1) is 12.2 Å². The lowest BCUT2D eigenvalue weighted by atomic mass is 9.81. The minimum atomic E-state index is -1.49. The molecule has 0 aromatic rings. The third kappa shape index (κ3) is 3.76. The van der Waals surface area contributed by atoms with Crippen LogP contribution >= 0.6 is 0 Å². The quantitative estimate of drug-likeness (QED) is 0.432. The normalized spacial score (nSPS) is 45.2. The highest BCUT2D eigenvalue weighted by atomic mass is 16.7. The lowest BCUT2D eigenvalue weighted by Crippen LogP contribution is -2.61. The van der Waals surface area contributed by atoms with Crippen LogP contribution in [0.3, 0.4) is 0 Å². The van der Waals surface area contributed by atoms with Crippen molar-refractivity contribution in [2.45, 2.75) is 76.0 Å².